The largest absolute Gasteiger partial charge is 0.497 e. The standard InChI is InChI=1S/C20H18N4O2/c1-13(2)18-17(25)8-16(14-4-6-15(26-3)7-5-14)19(9-21,10-22)20(18,11-23)12-24/h4-7,13,16,18H,8H2,1-3H3/t16-,18-/m0/s1. The fourth-order valence-electron chi connectivity index (χ4n) is 4.02. The van der Waals surface area contributed by atoms with Crippen molar-refractivity contribution in [1.82, 2.24) is 0 Å². The molecule has 0 bridgehead atoms. The lowest BCUT2D eigenvalue weighted by Crippen LogP contribution is -2.56. The zero-order valence-electron chi connectivity index (χ0n) is 14.9. The lowest BCUT2D eigenvalue weighted by atomic mass is 9.46. The van der Waals surface area contributed by atoms with Crippen LogP contribution in [0.1, 0.15) is 31.7 Å². The van der Waals surface area contributed by atoms with Gasteiger partial charge in [-0.05, 0) is 23.6 Å². The molecule has 1 saturated carbocycles. The molecular weight excluding hydrogens is 328 g/mol. The van der Waals surface area contributed by atoms with Crippen molar-refractivity contribution in [1.29, 1.82) is 21.0 Å². The van der Waals surface area contributed by atoms with Crippen molar-refractivity contribution in [2.75, 3.05) is 7.11 Å². The fraction of sp³-hybridized carbons (Fsp3) is 0.450. The molecule has 0 radical (unpaired) electrons. The third-order valence-corrected chi connectivity index (χ3v) is 5.25. The number of rotatable bonds is 3. The summed E-state index contributed by atoms with van der Waals surface area (Å²) >= 11 is 0. The first kappa shape index (κ1) is 19.0. The van der Waals surface area contributed by atoms with Gasteiger partial charge in [0.15, 0.2) is 10.8 Å². The van der Waals surface area contributed by atoms with Crippen LogP contribution in [0.15, 0.2) is 24.3 Å². The van der Waals surface area contributed by atoms with Gasteiger partial charge in [0, 0.05) is 12.3 Å². The minimum absolute atomic E-state index is 0.0681. The van der Waals surface area contributed by atoms with Crippen LogP contribution >= 0.6 is 0 Å². The van der Waals surface area contributed by atoms with E-state index in [0.29, 0.717) is 11.3 Å². The second-order valence-electron chi connectivity index (χ2n) is 6.78. The molecule has 1 aliphatic rings. The van der Waals surface area contributed by atoms with Crippen molar-refractivity contribution < 1.29 is 9.53 Å². The molecule has 0 saturated heterocycles. The number of methoxy groups -OCH3 is 1. The van der Waals surface area contributed by atoms with Gasteiger partial charge in [-0.15, -0.1) is 0 Å². The maximum absolute atomic E-state index is 12.8. The minimum Gasteiger partial charge on any atom is -0.497 e. The minimum atomic E-state index is -2.04. The highest BCUT2D eigenvalue weighted by molar-refractivity contribution is 5.87. The van der Waals surface area contributed by atoms with Crippen molar-refractivity contribution in [2.24, 2.45) is 22.7 Å². The second-order valence-corrected chi connectivity index (χ2v) is 6.78. The third-order valence-electron chi connectivity index (χ3n) is 5.25. The summed E-state index contributed by atoms with van der Waals surface area (Å²) < 4.78 is 5.11. The maximum Gasteiger partial charge on any atom is 0.185 e. The Morgan fingerprint density at radius 3 is 1.88 bits per heavy atom. The highest BCUT2D eigenvalue weighted by Gasteiger charge is 2.68. The molecule has 26 heavy (non-hydrogen) atoms. The molecule has 2 atom stereocenters. The lowest BCUT2D eigenvalue weighted by molar-refractivity contribution is -0.133. The quantitative estimate of drug-likeness (QED) is 0.829. The summed E-state index contributed by atoms with van der Waals surface area (Å²) in [4.78, 5) is 12.8. The van der Waals surface area contributed by atoms with Crippen LogP contribution in [0.5, 0.6) is 5.75 Å². The third kappa shape index (κ3) is 2.40. The first-order valence-corrected chi connectivity index (χ1v) is 8.19. The summed E-state index contributed by atoms with van der Waals surface area (Å²) in [5.74, 6) is -1.90. The Morgan fingerprint density at radius 1 is 1.00 bits per heavy atom. The molecule has 6 nitrogen and oxygen atoms in total. The summed E-state index contributed by atoms with van der Waals surface area (Å²) in [5.41, 5.74) is -3.43. The van der Waals surface area contributed by atoms with E-state index in [0.717, 1.165) is 0 Å². The summed E-state index contributed by atoms with van der Waals surface area (Å²) in [6.07, 6.45) is -0.0681. The van der Waals surface area contributed by atoms with Crippen LogP contribution in [0.3, 0.4) is 0 Å². The van der Waals surface area contributed by atoms with Gasteiger partial charge in [-0.2, -0.15) is 21.0 Å². The van der Waals surface area contributed by atoms with E-state index in [2.05, 4.69) is 0 Å². The van der Waals surface area contributed by atoms with E-state index in [9.17, 15) is 25.8 Å². The monoisotopic (exact) mass is 346 g/mol. The van der Waals surface area contributed by atoms with Crippen LogP contribution in [-0.4, -0.2) is 12.9 Å². The Labute approximate surface area is 152 Å². The molecule has 0 aliphatic heterocycles. The van der Waals surface area contributed by atoms with Crippen molar-refractivity contribution in [2.45, 2.75) is 26.2 Å². The van der Waals surface area contributed by atoms with Crippen molar-refractivity contribution in [3.05, 3.63) is 29.8 Å². The number of nitriles is 4. The van der Waals surface area contributed by atoms with Crippen molar-refractivity contribution >= 4 is 5.78 Å². The molecule has 2 rings (SSSR count). The lowest BCUT2D eigenvalue weighted by Gasteiger charge is -2.47. The number of nitrogens with zero attached hydrogens (tertiary/aromatic N) is 4. The summed E-state index contributed by atoms with van der Waals surface area (Å²) in [6.45, 7) is 3.44. The Morgan fingerprint density at radius 2 is 1.50 bits per heavy atom. The molecule has 0 N–H and O–H groups in total. The number of ketones is 1. The van der Waals surface area contributed by atoms with E-state index < -0.39 is 22.7 Å². The molecule has 0 amide bonds. The normalized spacial score (nSPS) is 23.2. The van der Waals surface area contributed by atoms with E-state index in [4.69, 9.17) is 4.74 Å². The van der Waals surface area contributed by atoms with Gasteiger partial charge in [-0.25, -0.2) is 0 Å². The van der Waals surface area contributed by atoms with Crippen molar-refractivity contribution in [3.63, 3.8) is 0 Å². The highest BCUT2D eigenvalue weighted by Crippen LogP contribution is 2.59. The van der Waals surface area contributed by atoms with Gasteiger partial charge < -0.3 is 4.74 Å². The molecular formula is C20H18N4O2. The van der Waals surface area contributed by atoms with Crippen LogP contribution in [0, 0.1) is 68.0 Å². The first-order chi connectivity index (χ1) is 12.4. The van der Waals surface area contributed by atoms with Crippen LogP contribution in [-0.2, 0) is 4.79 Å². The SMILES string of the molecule is COc1ccc([C@@H]2CC(=O)[C@H](C(C)C)C(C#N)(C#N)C2(C#N)C#N)cc1. The number of benzene rings is 1. The van der Waals surface area contributed by atoms with E-state index >= 15 is 0 Å². The average Bonchev–Trinajstić information content (AvgIpc) is 2.66. The van der Waals surface area contributed by atoms with Gasteiger partial charge in [0.25, 0.3) is 0 Å². The molecule has 6 heteroatoms. The van der Waals surface area contributed by atoms with E-state index in [-0.39, 0.29) is 18.1 Å². The fourth-order valence-corrected chi connectivity index (χ4v) is 4.02. The molecule has 1 fully saturated rings. The Hall–Kier alpha value is -3.35. The van der Waals surface area contributed by atoms with Gasteiger partial charge in [0.2, 0.25) is 0 Å². The van der Waals surface area contributed by atoms with Gasteiger partial charge >= 0.3 is 0 Å². The number of hydrogen-bond donors (Lipinski definition) is 0. The van der Waals surface area contributed by atoms with E-state index in [1.54, 1.807) is 38.1 Å². The summed E-state index contributed by atoms with van der Waals surface area (Å²) in [6, 6.07) is 14.3. The zero-order valence-corrected chi connectivity index (χ0v) is 14.9. The molecule has 0 spiro atoms. The summed E-state index contributed by atoms with van der Waals surface area (Å²) in [7, 11) is 1.51. The highest BCUT2D eigenvalue weighted by atomic mass is 16.5. The Kier molecular flexibility index (Phi) is 5.02. The number of hydrogen-bond acceptors (Lipinski definition) is 6. The van der Waals surface area contributed by atoms with Gasteiger partial charge in [-0.3, -0.25) is 4.79 Å². The Bertz CT molecular complexity index is 847. The van der Waals surface area contributed by atoms with Gasteiger partial charge in [0.05, 0.1) is 37.3 Å². The number of carbonyl (C=O) groups excluding carboxylic acids is 1. The molecule has 0 unspecified atom stereocenters. The maximum atomic E-state index is 12.8. The summed E-state index contributed by atoms with van der Waals surface area (Å²) in [5, 5.41) is 39.6. The van der Waals surface area contributed by atoms with E-state index in [1.807, 2.05) is 24.3 Å². The molecule has 1 aliphatic carbocycles. The van der Waals surface area contributed by atoms with Crippen LogP contribution < -0.4 is 4.74 Å². The average molecular weight is 346 g/mol. The predicted octanol–water partition coefficient (Wildman–Crippen LogP) is 3.09. The van der Waals surface area contributed by atoms with Crippen LogP contribution in [0.4, 0.5) is 0 Å². The molecule has 1 aromatic carbocycles. The topological polar surface area (TPSA) is 121 Å². The predicted molar refractivity (Wildman–Crippen MR) is 91.0 cm³/mol. The molecule has 0 aromatic heterocycles. The second kappa shape index (κ2) is 6.87. The van der Waals surface area contributed by atoms with Crippen LogP contribution in [0.2, 0.25) is 0 Å². The first-order valence-electron chi connectivity index (χ1n) is 8.19. The smallest absolute Gasteiger partial charge is 0.185 e. The van der Waals surface area contributed by atoms with Crippen LogP contribution in [0.25, 0.3) is 0 Å². The Balaban J connectivity index is 2.77. The van der Waals surface area contributed by atoms with Gasteiger partial charge in [0.1, 0.15) is 11.5 Å². The number of Topliss-reactive ketones (excluding diaryl/α,β-unsaturated/α-hetero) is 1. The molecule has 1 aromatic rings. The number of carbonyl (C=O) groups is 1. The zero-order chi connectivity index (χ0) is 19.5. The molecule has 0 heterocycles. The van der Waals surface area contributed by atoms with E-state index in [1.165, 1.54) is 7.11 Å². The molecule has 130 valence electrons. The van der Waals surface area contributed by atoms with Gasteiger partial charge in [-0.1, -0.05) is 26.0 Å². The van der Waals surface area contributed by atoms with Crippen molar-refractivity contribution in [3.8, 4) is 30.0 Å². The number of ether oxygens (including phenoxy) is 1.